The van der Waals surface area contributed by atoms with Gasteiger partial charge in [-0.25, -0.2) is 4.98 Å². The fourth-order valence-corrected chi connectivity index (χ4v) is 1.88. The van der Waals surface area contributed by atoms with Crippen LogP contribution in [0, 0.1) is 13.8 Å². The highest BCUT2D eigenvalue weighted by Crippen LogP contribution is 2.29. The minimum absolute atomic E-state index is 0.667. The van der Waals surface area contributed by atoms with Crippen molar-refractivity contribution >= 4 is 17.0 Å². The van der Waals surface area contributed by atoms with E-state index in [4.69, 9.17) is 10.5 Å². The molecule has 0 fully saturated rings. The van der Waals surface area contributed by atoms with Crippen molar-refractivity contribution in [3.63, 3.8) is 0 Å². The highest BCUT2D eigenvalue weighted by molar-refractivity contribution is 7.13. The first kappa shape index (κ1) is 9.98. The Kier molecular flexibility index (Phi) is 2.60. The molecule has 3 nitrogen and oxygen atoms in total. The largest absolute Gasteiger partial charge is 0.431 e. The van der Waals surface area contributed by atoms with Crippen molar-refractivity contribution in [1.82, 2.24) is 4.98 Å². The maximum absolute atomic E-state index is 5.66. The number of aromatic nitrogens is 1. The first-order valence-corrected chi connectivity index (χ1v) is 5.43. The molecule has 1 heterocycles. The van der Waals surface area contributed by atoms with Crippen molar-refractivity contribution in [2.24, 2.45) is 0 Å². The third-order valence-corrected chi connectivity index (χ3v) is 2.79. The maximum atomic E-state index is 5.66. The van der Waals surface area contributed by atoms with Crippen LogP contribution in [0.3, 0.4) is 0 Å². The van der Waals surface area contributed by atoms with Crippen LogP contribution in [0.5, 0.6) is 10.9 Å². The number of nitrogens with zero attached hydrogens (tertiary/aromatic N) is 1. The SMILES string of the molecule is Cc1cnc(Oc2ccc(N)cc2C)s1. The van der Waals surface area contributed by atoms with Gasteiger partial charge in [-0.15, -0.1) is 0 Å². The fourth-order valence-electron chi connectivity index (χ4n) is 1.26. The molecule has 1 aromatic heterocycles. The molecule has 15 heavy (non-hydrogen) atoms. The van der Waals surface area contributed by atoms with Crippen molar-refractivity contribution in [3.05, 3.63) is 34.8 Å². The van der Waals surface area contributed by atoms with Gasteiger partial charge in [-0.1, -0.05) is 11.3 Å². The van der Waals surface area contributed by atoms with Gasteiger partial charge in [0.25, 0.3) is 5.19 Å². The molecule has 0 amide bonds. The van der Waals surface area contributed by atoms with E-state index >= 15 is 0 Å². The molecule has 0 aliphatic carbocycles. The Morgan fingerprint density at radius 2 is 2.13 bits per heavy atom. The average Bonchev–Trinajstić information content (AvgIpc) is 2.56. The third kappa shape index (κ3) is 2.27. The number of hydrogen-bond donors (Lipinski definition) is 1. The third-order valence-electron chi connectivity index (χ3n) is 2.00. The molecule has 0 saturated carbocycles. The summed E-state index contributed by atoms with van der Waals surface area (Å²) >= 11 is 1.53. The van der Waals surface area contributed by atoms with Crippen molar-refractivity contribution < 1.29 is 4.74 Å². The molecular formula is C11H12N2OS. The van der Waals surface area contributed by atoms with E-state index in [0.717, 1.165) is 21.9 Å². The van der Waals surface area contributed by atoms with E-state index in [1.807, 2.05) is 32.0 Å². The molecular weight excluding hydrogens is 208 g/mol. The molecule has 78 valence electrons. The molecule has 0 aliphatic rings. The molecule has 0 radical (unpaired) electrons. The van der Waals surface area contributed by atoms with Crippen molar-refractivity contribution in [1.29, 1.82) is 0 Å². The van der Waals surface area contributed by atoms with Crippen LogP contribution in [0.25, 0.3) is 0 Å². The van der Waals surface area contributed by atoms with Crippen molar-refractivity contribution in [3.8, 4) is 10.9 Å². The van der Waals surface area contributed by atoms with E-state index < -0.39 is 0 Å². The minimum Gasteiger partial charge on any atom is -0.431 e. The zero-order valence-electron chi connectivity index (χ0n) is 8.65. The number of ether oxygens (including phenoxy) is 1. The minimum atomic E-state index is 0.667. The predicted molar refractivity (Wildman–Crippen MR) is 62.5 cm³/mol. The Hall–Kier alpha value is -1.55. The number of anilines is 1. The van der Waals surface area contributed by atoms with Crippen LogP contribution in [0.2, 0.25) is 0 Å². The number of rotatable bonds is 2. The van der Waals surface area contributed by atoms with Crippen LogP contribution < -0.4 is 10.5 Å². The van der Waals surface area contributed by atoms with Crippen LogP contribution >= 0.6 is 11.3 Å². The van der Waals surface area contributed by atoms with E-state index in [0.29, 0.717) is 5.19 Å². The summed E-state index contributed by atoms with van der Waals surface area (Å²) in [4.78, 5) is 5.28. The number of benzene rings is 1. The molecule has 0 spiro atoms. The number of nitrogens with two attached hydrogens (primary N) is 1. The molecule has 0 bridgehead atoms. The quantitative estimate of drug-likeness (QED) is 0.791. The summed E-state index contributed by atoms with van der Waals surface area (Å²) in [6.45, 7) is 3.96. The van der Waals surface area contributed by atoms with Crippen LogP contribution in [0.1, 0.15) is 10.4 Å². The van der Waals surface area contributed by atoms with E-state index in [9.17, 15) is 0 Å². The Morgan fingerprint density at radius 3 is 2.73 bits per heavy atom. The summed E-state index contributed by atoms with van der Waals surface area (Å²) in [7, 11) is 0. The van der Waals surface area contributed by atoms with Gasteiger partial charge in [0.15, 0.2) is 0 Å². The molecule has 2 N–H and O–H groups in total. The summed E-state index contributed by atoms with van der Waals surface area (Å²) < 4.78 is 5.64. The molecule has 2 rings (SSSR count). The lowest BCUT2D eigenvalue weighted by molar-refractivity contribution is 0.475. The van der Waals surface area contributed by atoms with Crippen LogP contribution in [0.4, 0.5) is 5.69 Å². The number of aryl methyl sites for hydroxylation is 2. The summed E-state index contributed by atoms with van der Waals surface area (Å²) in [5, 5.41) is 0.667. The van der Waals surface area contributed by atoms with E-state index in [1.165, 1.54) is 11.3 Å². The van der Waals surface area contributed by atoms with Crippen molar-refractivity contribution in [2.75, 3.05) is 5.73 Å². The highest BCUT2D eigenvalue weighted by Gasteiger charge is 2.04. The molecule has 0 atom stereocenters. The first-order valence-electron chi connectivity index (χ1n) is 4.61. The van der Waals surface area contributed by atoms with Crippen LogP contribution in [0.15, 0.2) is 24.4 Å². The lowest BCUT2D eigenvalue weighted by Gasteiger charge is -2.05. The predicted octanol–water partition coefficient (Wildman–Crippen LogP) is 3.13. The molecule has 1 aromatic carbocycles. The molecule has 0 unspecified atom stereocenters. The highest BCUT2D eigenvalue weighted by atomic mass is 32.1. The topological polar surface area (TPSA) is 48.1 Å². The summed E-state index contributed by atoms with van der Waals surface area (Å²) in [6, 6.07) is 5.57. The molecule has 4 heteroatoms. The van der Waals surface area contributed by atoms with Gasteiger partial charge in [0.05, 0.1) is 0 Å². The normalized spacial score (nSPS) is 10.3. The molecule has 0 saturated heterocycles. The Bertz CT molecular complexity index is 479. The molecule has 2 aromatic rings. The maximum Gasteiger partial charge on any atom is 0.278 e. The Labute approximate surface area is 92.5 Å². The van der Waals surface area contributed by atoms with E-state index in [1.54, 1.807) is 6.20 Å². The van der Waals surface area contributed by atoms with Crippen LogP contribution in [-0.2, 0) is 0 Å². The Balaban J connectivity index is 2.24. The second kappa shape index (κ2) is 3.90. The molecule has 0 aliphatic heterocycles. The van der Waals surface area contributed by atoms with E-state index in [-0.39, 0.29) is 0 Å². The van der Waals surface area contributed by atoms with Gasteiger partial charge in [0.1, 0.15) is 5.75 Å². The second-order valence-electron chi connectivity index (χ2n) is 3.36. The first-order chi connectivity index (χ1) is 7.15. The monoisotopic (exact) mass is 220 g/mol. The van der Waals surface area contributed by atoms with Gasteiger partial charge >= 0.3 is 0 Å². The van der Waals surface area contributed by atoms with Gasteiger partial charge in [-0.3, -0.25) is 0 Å². The lowest BCUT2D eigenvalue weighted by atomic mass is 10.2. The van der Waals surface area contributed by atoms with Crippen molar-refractivity contribution in [2.45, 2.75) is 13.8 Å². The van der Waals surface area contributed by atoms with Gasteiger partial charge in [0.2, 0.25) is 0 Å². The van der Waals surface area contributed by atoms with Gasteiger partial charge in [-0.05, 0) is 37.6 Å². The fraction of sp³-hybridized carbons (Fsp3) is 0.182. The zero-order chi connectivity index (χ0) is 10.8. The van der Waals surface area contributed by atoms with E-state index in [2.05, 4.69) is 4.98 Å². The summed E-state index contributed by atoms with van der Waals surface area (Å²) in [5.74, 6) is 0.804. The van der Waals surface area contributed by atoms with Gasteiger partial charge in [0, 0.05) is 16.8 Å². The smallest absolute Gasteiger partial charge is 0.278 e. The number of hydrogen-bond acceptors (Lipinski definition) is 4. The summed E-state index contributed by atoms with van der Waals surface area (Å²) in [5.41, 5.74) is 7.42. The van der Waals surface area contributed by atoms with Gasteiger partial charge < -0.3 is 10.5 Å². The standard InChI is InChI=1S/C11H12N2OS/c1-7-5-9(12)3-4-10(7)14-11-13-6-8(2)15-11/h3-6H,12H2,1-2H3. The second-order valence-corrected chi connectivity index (χ2v) is 4.56. The number of thiazole rings is 1. The van der Waals surface area contributed by atoms with Gasteiger partial charge in [-0.2, -0.15) is 0 Å². The lowest BCUT2D eigenvalue weighted by Crippen LogP contribution is -1.89. The number of nitrogen functional groups attached to an aromatic ring is 1. The zero-order valence-corrected chi connectivity index (χ0v) is 9.47. The van der Waals surface area contributed by atoms with Crippen LogP contribution in [-0.4, -0.2) is 4.98 Å². The Morgan fingerprint density at radius 1 is 1.33 bits per heavy atom. The summed E-state index contributed by atoms with van der Waals surface area (Å²) in [6.07, 6.45) is 1.80. The average molecular weight is 220 g/mol.